The molecule has 2 heterocycles. The van der Waals surface area contributed by atoms with Crippen LogP contribution in [0.3, 0.4) is 0 Å². The monoisotopic (exact) mass is 484 g/mol. The number of carbonyl (C=O) groups is 2. The van der Waals surface area contributed by atoms with Gasteiger partial charge in [0.1, 0.15) is 12.4 Å². The lowest BCUT2D eigenvalue weighted by Crippen LogP contribution is -2.03. The fraction of sp³-hybridized carbons (Fsp3) is 0.235. The van der Waals surface area contributed by atoms with Gasteiger partial charge in [-0.15, -0.1) is 11.3 Å². The van der Waals surface area contributed by atoms with Crippen LogP contribution in [0.1, 0.15) is 39.2 Å². The summed E-state index contributed by atoms with van der Waals surface area (Å²) in [5.74, 6) is -0.266. The fourth-order valence-electron chi connectivity index (χ4n) is 2.51. The van der Waals surface area contributed by atoms with Crippen LogP contribution in [0.25, 0.3) is 10.9 Å². The molecule has 0 aliphatic heterocycles. The summed E-state index contributed by atoms with van der Waals surface area (Å²) in [6.45, 7) is 2.10. The van der Waals surface area contributed by atoms with Crippen LogP contribution in [0.5, 0.6) is 0 Å². The van der Waals surface area contributed by atoms with Gasteiger partial charge in [-0.05, 0) is 44.0 Å². The molecule has 130 valence electrons. The Kier molecular flexibility index (Phi) is 5.52. The number of carbonyl (C=O) groups excluding carboxylic acids is 2. The summed E-state index contributed by atoms with van der Waals surface area (Å²) >= 11 is 8.16. The largest absolute Gasteiger partial charge is 0.364 e. The van der Waals surface area contributed by atoms with Gasteiger partial charge in [0.25, 0.3) is 0 Å². The van der Waals surface area contributed by atoms with Gasteiger partial charge in [-0.25, -0.2) is 4.98 Å². The van der Waals surface area contributed by atoms with E-state index in [2.05, 4.69) is 36.8 Å². The second-order valence-electron chi connectivity index (χ2n) is 5.36. The van der Waals surface area contributed by atoms with E-state index in [1.54, 1.807) is 25.6 Å². The highest BCUT2D eigenvalue weighted by Crippen LogP contribution is 2.33. The third-order valence-corrected chi connectivity index (χ3v) is 6.43. The average Bonchev–Trinajstić information content (AvgIpc) is 3.21. The van der Waals surface area contributed by atoms with E-state index in [9.17, 15) is 9.59 Å². The van der Waals surface area contributed by atoms with Crippen molar-refractivity contribution in [3.05, 3.63) is 48.9 Å². The van der Waals surface area contributed by atoms with E-state index in [4.69, 9.17) is 4.74 Å². The second kappa shape index (κ2) is 7.49. The summed E-state index contributed by atoms with van der Waals surface area (Å²) in [7, 11) is 1.60. The van der Waals surface area contributed by atoms with Crippen molar-refractivity contribution in [2.75, 3.05) is 7.11 Å². The van der Waals surface area contributed by atoms with Crippen molar-refractivity contribution in [2.45, 2.75) is 20.1 Å². The molecule has 3 rings (SSSR count). The zero-order chi connectivity index (χ0) is 18.1. The first-order chi connectivity index (χ1) is 12.0. The first-order valence-electron chi connectivity index (χ1n) is 7.46. The molecule has 1 aromatic carbocycles. The number of benzene rings is 1. The summed E-state index contributed by atoms with van der Waals surface area (Å²) in [5, 5.41) is 2.75. The Morgan fingerprint density at radius 3 is 2.68 bits per heavy atom. The fourth-order valence-corrected chi connectivity index (χ4v) is 3.96. The number of ketones is 2. The van der Waals surface area contributed by atoms with E-state index >= 15 is 0 Å². The van der Waals surface area contributed by atoms with Crippen LogP contribution in [0.2, 0.25) is 0 Å². The number of fused-ring (bicyclic) bond motifs is 1. The number of thiazole rings is 1. The van der Waals surface area contributed by atoms with Crippen molar-refractivity contribution in [2.24, 2.45) is 0 Å². The minimum Gasteiger partial charge on any atom is -0.364 e. The molecule has 0 amide bonds. The number of aromatic nitrogens is 2. The van der Waals surface area contributed by atoms with Crippen LogP contribution in [-0.4, -0.2) is 28.2 Å². The van der Waals surface area contributed by atoms with E-state index in [-0.39, 0.29) is 11.6 Å². The van der Waals surface area contributed by atoms with Gasteiger partial charge in [-0.2, -0.15) is 0 Å². The molecule has 0 unspecified atom stereocenters. The van der Waals surface area contributed by atoms with Crippen molar-refractivity contribution >= 4 is 65.7 Å². The molecule has 0 fully saturated rings. The van der Waals surface area contributed by atoms with Gasteiger partial charge in [0.15, 0.2) is 10.8 Å². The third-order valence-electron chi connectivity index (χ3n) is 3.74. The van der Waals surface area contributed by atoms with Crippen molar-refractivity contribution in [1.29, 1.82) is 0 Å². The molecule has 0 radical (unpaired) electrons. The lowest BCUT2D eigenvalue weighted by Gasteiger charge is -2.04. The molecule has 0 saturated carbocycles. The van der Waals surface area contributed by atoms with Gasteiger partial charge in [0, 0.05) is 39.4 Å². The van der Waals surface area contributed by atoms with Crippen molar-refractivity contribution in [1.82, 2.24) is 9.55 Å². The SMILES string of the molecule is CCC(=O)c1csc(C(=O)c2cn(COC)c3cc(Br)c(Br)cc23)n1. The smallest absolute Gasteiger partial charge is 0.223 e. The summed E-state index contributed by atoms with van der Waals surface area (Å²) < 4.78 is 8.83. The maximum absolute atomic E-state index is 13.0. The minimum absolute atomic E-state index is 0.0659. The molecule has 8 heteroatoms. The van der Waals surface area contributed by atoms with Crippen LogP contribution in [0, 0.1) is 0 Å². The van der Waals surface area contributed by atoms with Crippen molar-refractivity contribution in [3.8, 4) is 0 Å². The minimum atomic E-state index is -0.200. The van der Waals surface area contributed by atoms with E-state index in [1.807, 2.05) is 16.7 Å². The number of methoxy groups -OCH3 is 1. The molecule has 0 aliphatic rings. The summed E-state index contributed by atoms with van der Waals surface area (Å²) in [4.78, 5) is 28.9. The van der Waals surface area contributed by atoms with Crippen LogP contribution in [0.15, 0.2) is 32.7 Å². The summed E-state index contributed by atoms with van der Waals surface area (Å²) in [6.07, 6.45) is 2.13. The number of nitrogens with zero attached hydrogens (tertiary/aromatic N) is 2. The molecule has 0 saturated heterocycles. The van der Waals surface area contributed by atoms with Crippen molar-refractivity contribution in [3.63, 3.8) is 0 Å². The van der Waals surface area contributed by atoms with E-state index in [0.717, 1.165) is 19.8 Å². The lowest BCUT2D eigenvalue weighted by molar-refractivity contribution is 0.0984. The second-order valence-corrected chi connectivity index (χ2v) is 7.92. The lowest BCUT2D eigenvalue weighted by atomic mass is 10.1. The quantitative estimate of drug-likeness (QED) is 0.458. The molecule has 3 aromatic rings. The highest BCUT2D eigenvalue weighted by Gasteiger charge is 2.21. The molecule has 0 spiro atoms. The predicted molar refractivity (Wildman–Crippen MR) is 105 cm³/mol. The predicted octanol–water partition coefficient (Wildman–Crippen LogP) is 5.05. The Hall–Kier alpha value is -1.35. The zero-order valence-electron chi connectivity index (χ0n) is 13.5. The Balaban J connectivity index is 2.11. The molecular weight excluding hydrogens is 472 g/mol. The summed E-state index contributed by atoms with van der Waals surface area (Å²) in [6, 6.07) is 3.83. The number of ether oxygens (including phenoxy) is 1. The standard InChI is InChI=1S/C17H14Br2N2O3S/c1-3-15(22)13-7-25-17(20-13)16(23)10-6-21(8-24-2)14-5-12(19)11(18)4-9(10)14/h4-7H,3,8H2,1-2H3. The van der Waals surface area contributed by atoms with E-state index in [1.165, 1.54) is 11.3 Å². The van der Waals surface area contributed by atoms with Gasteiger partial charge >= 0.3 is 0 Å². The maximum Gasteiger partial charge on any atom is 0.223 e. The molecule has 2 aromatic heterocycles. The average molecular weight is 486 g/mol. The van der Waals surface area contributed by atoms with Gasteiger partial charge < -0.3 is 9.30 Å². The Morgan fingerprint density at radius 2 is 2.00 bits per heavy atom. The number of halogens is 2. The highest BCUT2D eigenvalue weighted by molar-refractivity contribution is 9.13. The zero-order valence-corrected chi connectivity index (χ0v) is 17.5. The first kappa shape index (κ1) is 18.4. The molecular formula is C17H14Br2N2O3S. The Bertz CT molecular complexity index is 978. The molecule has 0 bridgehead atoms. The Labute approximate surface area is 165 Å². The van der Waals surface area contributed by atoms with Gasteiger partial charge in [0.05, 0.1) is 11.1 Å². The third kappa shape index (κ3) is 3.48. The first-order valence-corrected chi connectivity index (χ1v) is 9.93. The number of hydrogen-bond acceptors (Lipinski definition) is 5. The number of rotatable bonds is 6. The number of hydrogen-bond donors (Lipinski definition) is 0. The normalized spacial score (nSPS) is 11.2. The van der Waals surface area contributed by atoms with Crippen LogP contribution in [0.4, 0.5) is 0 Å². The molecule has 0 atom stereocenters. The topological polar surface area (TPSA) is 61.2 Å². The van der Waals surface area contributed by atoms with Crippen LogP contribution in [-0.2, 0) is 11.5 Å². The van der Waals surface area contributed by atoms with E-state index < -0.39 is 0 Å². The van der Waals surface area contributed by atoms with Gasteiger partial charge in [-0.1, -0.05) is 6.92 Å². The Morgan fingerprint density at radius 1 is 1.28 bits per heavy atom. The molecule has 0 aliphatic carbocycles. The molecule has 25 heavy (non-hydrogen) atoms. The van der Waals surface area contributed by atoms with E-state index in [0.29, 0.717) is 29.4 Å². The number of Topliss-reactive ketones (excluding diaryl/α,β-unsaturated/α-hetero) is 1. The highest BCUT2D eigenvalue weighted by atomic mass is 79.9. The summed E-state index contributed by atoms with van der Waals surface area (Å²) in [5.41, 5.74) is 1.76. The van der Waals surface area contributed by atoms with Crippen LogP contribution < -0.4 is 0 Å². The van der Waals surface area contributed by atoms with Gasteiger partial charge in [-0.3, -0.25) is 9.59 Å². The van der Waals surface area contributed by atoms with Crippen molar-refractivity contribution < 1.29 is 14.3 Å². The van der Waals surface area contributed by atoms with Crippen LogP contribution >= 0.6 is 43.2 Å². The molecule has 5 nitrogen and oxygen atoms in total. The van der Waals surface area contributed by atoms with Gasteiger partial charge in [0.2, 0.25) is 5.78 Å². The molecule has 0 N–H and O–H groups in total. The maximum atomic E-state index is 13.0.